The third-order valence-electron chi connectivity index (χ3n) is 1.27. The molecule has 0 bridgehead atoms. The van der Waals surface area contributed by atoms with Gasteiger partial charge in [0, 0.05) is 16.8 Å². The van der Waals surface area contributed by atoms with Crippen LogP contribution in [-0.2, 0) is 0 Å². The Morgan fingerprint density at radius 2 is 1.92 bits per heavy atom. The minimum absolute atomic E-state index is 0. The maximum Gasteiger partial charge on any atom is 0.123 e. The average Bonchev–Trinajstić information content (AvgIpc) is 1.81. The van der Waals surface area contributed by atoms with Crippen LogP contribution in [0.5, 0.6) is 5.75 Å². The zero-order chi connectivity index (χ0) is 9.14. The van der Waals surface area contributed by atoms with Crippen molar-refractivity contribution < 1.29 is 4.74 Å². The van der Waals surface area contributed by atoms with Crippen LogP contribution in [0.4, 0.5) is 5.69 Å². The summed E-state index contributed by atoms with van der Waals surface area (Å²) in [6.07, 6.45) is 0.142. The molecule has 0 spiro atoms. The van der Waals surface area contributed by atoms with Crippen LogP contribution in [0.25, 0.3) is 0 Å². The van der Waals surface area contributed by atoms with Gasteiger partial charge in [0.25, 0.3) is 0 Å². The van der Waals surface area contributed by atoms with E-state index in [4.69, 9.17) is 22.1 Å². The van der Waals surface area contributed by atoms with Crippen LogP contribution in [-0.4, -0.2) is 6.10 Å². The van der Waals surface area contributed by atoms with Gasteiger partial charge in [0.1, 0.15) is 5.75 Å². The number of hydrogen-bond donors (Lipinski definition) is 1. The van der Waals surface area contributed by atoms with E-state index >= 15 is 0 Å². The molecule has 2 nitrogen and oxygen atoms in total. The Morgan fingerprint density at radius 3 is 2.38 bits per heavy atom. The van der Waals surface area contributed by atoms with Crippen LogP contribution >= 0.6 is 24.0 Å². The lowest BCUT2D eigenvalue weighted by molar-refractivity contribution is 0.242. The lowest BCUT2D eigenvalue weighted by atomic mass is 10.3. The van der Waals surface area contributed by atoms with E-state index in [9.17, 15) is 0 Å². The highest BCUT2D eigenvalue weighted by Crippen LogP contribution is 2.22. The van der Waals surface area contributed by atoms with Crippen molar-refractivity contribution >= 4 is 29.7 Å². The van der Waals surface area contributed by atoms with Gasteiger partial charge in [0.05, 0.1) is 6.10 Å². The molecule has 0 atom stereocenters. The SMILES string of the molecule is CC(C)Oc1cc(N)cc(Cl)c1.Cl. The molecule has 0 aliphatic rings. The summed E-state index contributed by atoms with van der Waals surface area (Å²) in [4.78, 5) is 0. The lowest BCUT2D eigenvalue weighted by Crippen LogP contribution is -2.05. The van der Waals surface area contributed by atoms with Crippen LogP contribution in [0.3, 0.4) is 0 Å². The van der Waals surface area contributed by atoms with E-state index in [-0.39, 0.29) is 18.5 Å². The van der Waals surface area contributed by atoms with E-state index in [1.54, 1.807) is 18.2 Å². The summed E-state index contributed by atoms with van der Waals surface area (Å²) in [6.45, 7) is 3.91. The van der Waals surface area contributed by atoms with Gasteiger partial charge in [-0.15, -0.1) is 12.4 Å². The van der Waals surface area contributed by atoms with E-state index in [0.717, 1.165) is 5.75 Å². The smallest absolute Gasteiger partial charge is 0.123 e. The number of rotatable bonds is 2. The molecule has 0 amide bonds. The number of anilines is 1. The molecule has 74 valence electrons. The third-order valence-corrected chi connectivity index (χ3v) is 1.48. The summed E-state index contributed by atoms with van der Waals surface area (Å²) in [5, 5.41) is 0.602. The van der Waals surface area contributed by atoms with Crippen LogP contribution in [0.2, 0.25) is 5.02 Å². The molecule has 0 radical (unpaired) electrons. The molecule has 4 heteroatoms. The zero-order valence-electron chi connectivity index (χ0n) is 7.58. The van der Waals surface area contributed by atoms with Crippen LogP contribution in [0, 0.1) is 0 Å². The van der Waals surface area contributed by atoms with Crippen molar-refractivity contribution in [3.63, 3.8) is 0 Å². The van der Waals surface area contributed by atoms with Crippen molar-refractivity contribution in [1.82, 2.24) is 0 Å². The van der Waals surface area contributed by atoms with E-state index in [1.165, 1.54) is 0 Å². The molecular formula is C9H13Cl2NO. The van der Waals surface area contributed by atoms with Gasteiger partial charge in [-0.3, -0.25) is 0 Å². The van der Waals surface area contributed by atoms with E-state index in [0.29, 0.717) is 10.7 Å². The van der Waals surface area contributed by atoms with Crippen molar-refractivity contribution in [2.75, 3.05) is 5.73 Å². The Hall–Kier alpha value is -0.600. The fourth-order valence-electron chi connectivity index (χ4n) is 0.925. The first-order chi connectivity index (χ1) is 5.58. The van der Waals surface area contributed by atoms with Gasteiger partial charge in [-0.2, -0.15) is 0 Å². The Bertz CT molecular complexity index is 256. The van der Waals surface area contributed by atoms with Gasteiger partial charge in [-0.25, -0.2) is 0 Å². The number of nitrogen functional groups attached to an aromatic ring is 1. The van der Waals surface area contributed by atoms with E-state index in [1.807, 2.05) is 13.8 Å². The van der Waals surface area contributed by atoms with E-state index in [2.05, 4.69) is 0 Å². The molecule has 0 fully saturated rings. The lowest BCUT2D eigenvalue weighted by Gasteiger charge is -2.10. The molecule has 0 heterocycles. The number of hydrogen-bond acceptors (Lipinski definition) is 2. The maximum atomic E-state index is 5.77. The first-order valence-corrected chi connectivity index (χ1v) is 4.18. The summed E-state index contributed by atoms with van der Waals surface area (Å²) in [5.41, 5.74) is 6.19. The standard InChI is InChI=1S/C9H12ClNO.ClH/c1-6(2)12-9-4-7(10)3-8(11)5-9;/h3-6H,11H2,1-2H3;1H. The Kier molecular flexibility index (Phi) is 4.96. The quantitative estimate of drug-likeness (QED) is 0.780. The summed E-state index contributed by atoms with van der Waals surface area (Å²) in [7, 11) is 0. The third kappa shape index (κ3) is 4.25. The monoisotopic (exact) mass is 221 g/mol. The van der Waals surface area contributed by atoms with Gasteiger partial charge in [0.15, 0.2) is 0 Å². The molecule has 0 aliphatic carbocycles. The highest BCUT2D eigenvalue weighted by atomic mass is 35.5. The van der Waals surface area contributed by atoms with Crippen molar-refractivity contribution in [3.8, 4) is 5.75 Å². The van der Waals surface area contributed by atoms with Crippen molar-refractivity contribution in [1.29, 1.82) is 0 Å². The molecule has 0 unspecified atom stereocenters. The summed E-state index contributed by atoms with van der Waals surface area (Å²) in [6, 6.07) is 5.19. The molecule has 0 saturated carbocycles. The van der Waals surface area contributed by atoms with Crippen molar-refractivity contribution in [2.24, 2.45) is 0 Å². The average molecular weight is 222 g/mol. The normalized spacial score (nSPS) is 9.54. The van der Waals surface area contributed by atoms with Gasteiger partial charge in [-0.1, -0.05) is 11.6 Å². The number of halogens is 2. The van der Waals surface area contributed by atoms with Gasteiger partial charge in [0.2, 0.25) is 0 Å². The predicted octanol–water partition coefficient (Wildman–Crippen LogP) is 3.13. The highest BCUT2D eigenvalue weighted by Gasteiger charge is 1.99. The van der Waals surface area contributed by atoms with Gasteiger partial charge >= 0.3 is 0 Å². The van der Waals surface area contributed by atoms with Gasteiger partial charge in [-0.05, 0) is 26.0 Å². The minimum atomic E-state index is 0. The first-order valence-electron chi connectivity index (χ1n) is 3.80. The molecule has 1 rings (SSSR count). The van der Waals surface area contributed by atoms with Crippen LogP contribution in [0.15, 0.2) is 18.2 Å². The number of nitrogens with two attached hydrogens (primary N) is 1. The predicted molar refractivity (Wildman–Crippen MR) is 58.9 cm³/mol. The largest absolute Gasteiger partial charge is 0.491 e. The summed E-state index contributed by atoms with van der Waals surface area (Å²) in [5.74, 6) is 0.718. The fraction of sp³-hybridized carbons (Fsp3) is 0.333. The Balaban J connectivity index is 0.00000144. The molecule has 13 heavy (non-hydrogen) atoms. The van der Waals surface area contributed by atoms with Gasteiger partial charge < -0.3 is 10.5 Å². The Labute approximate surface area is 89.4 Å². The van der Waals surface area contributed by atoms with Crippen molar-refractivity contribution in [2.45, 2.75) is 20.0 Å². The van der Waals surface area contributed by atoms with Crippen LogP contribution in [0.1, 0.15) is 13.8 Å². The van der Waals surface area contributed by atoms with Crippen molar-refractivity contribution in [3.05, 3.63) is 23.2 Å². The minimum Gasteiger partial charge on any atom is -0.491 e. The fourth-order valence-corrected chi connectivity index (χ4v) is 1.16. The highest BCUT2D eigenvalue weighted by molar-refractivity contribution is 6.31. The zero-order valence-corrected chi connectivity index (χ0v) is 9.15. The molecule has 1 aromatic carbocycles. The molecule has 0 aliphatic heterocycles. The molecule has 1 aromatic rings. The topological polar surface area (TPSA) is 35.2 Å². The van der Waals surface area contributed by atoms with E-state index < -0.39 is 0 Å². The summed E-state index contributed by atoms with van der Waals surface area (Å²) < 4.78 is 5.41. The molecule has 2 N–H and O–H groups in total. The second-order valence-corrected chi connectivity index (χ2v) is 3.32. The Morgan fingerprint density at radius 1 is 1.31 bits per heavy atom. The number of benzene rings is 1. The summed E-state index contributed by atoms with van der Waals surface area (Å²) >= 11 is 5.77. The second kappa shape index (κ2) is 5.20. The second-order valence-electron chi connectivity index (χ2n) is 2.89. The van der Waals surface area contributed by atoms with Crippen LogP contribution < -0.4 is 10.5 Å². The molecular weight excluding hydrogens is 209 g/mol. The molecule has 0 saturated heterocycles. The number of ether oxygens (including phenoxy) is 1. The first kappa shape index (κ1) is 12.4. The maximum absolute atomic E-state index is 5.77. The molecule has 0 aromatic heterocycles.